The molecular formula is C11H11ClO2. The SMILES string of the molecule is CC(=O)C(Cl)/C=C/c1ccc(O)cc1. The maximum absolute atomic E-state index is 10.8. The van der Waals surface area contributed by atoms with Crippen molar-refractivity contribution in [1.82, 2.24) is 0 Å². The first-order chi connectivity index (χ1) is 6.59. The number of hydrogen-bond donors (Lipinski definition) is 1. The van der Waals surface area contributed by atoms with Crippen molar-refractivity contribution in [2.24, 2.45) is 0 Å². The fourth-order valence-electron chi connectivity index (χ4n) is 0.917. The van der Waals surface area contributed by atoms with Gasteiger partial charge in [0, 0.05) is 0 Å². The number of ketones is 1. The summed E-state index contributed by atoms with van der Waals surface area (Å²) >= 11 is 5.71. The summed E-state index contributed by atoms with van der Waals surface area (Å²) in [6.45, 7) is 1.44. The first-order valence-electron chi connectivity index (χ1n) is 4.21. The molecule has 0 aliphatic carbocycles. The average molecular weight is 211 g/mol. The Labute approximate surface area is 87.8 Å². The summed E-state index contributed by atoms with van der Waals surface area (Å²) in [5.74, 6) is 0.137. The molecule has 0 fully saturated rings. The number of alkyl halides is 1. The predicted octanol–water partition coefficient (Wildman–Crippen LogP) is 2.60. The van der Waals surface area contributed by atoms with Crippen molar-refractivity contribution in [2.75, 3.05) is 0 Å². The van der Waals surface area contributed by atoms with Crippen molar-refractivity contribution in [1.29, 1.82) is 0 Å². The van der Waals surface area contributed by atoms with Crippen LogP contribution < -0.4 is 0 Å². The number of halogens is 1. The molecule has 0 aliphatic heterocycles. The van der Waals surface area contributed by atoms with E-state index in [1.807, 2.05) is 0 Å². The van der Waals surface area contributed by atoms with E-state index < -0.39 is 5.38 Å². The summed E-state index contributed by atoms with van der Waals surface area (Å²) in [5.41, 5.74) is 0.898. The molecule has 1 rings (SSSR count). The highest BCUT2D eigenvalue weighted by atomic mass is 35.5. The van der Waals surface area contributed by atoms with Crippen LogP contribution in [0.3, 0.4) is 0 Å². The fourth-order valence-corrected chi connectivity index (χ4v) is 0.989. The van der Waals surface area contributed by atoms with Crippen LogP contribution in [0.4, 0.5) is 0 Å². The molecule has 0 radical (unpaired) electrons. The number of phenols is 1. The third kappa shape index (κ3) is 3.23. The van der Waals surface area contributed by atoms with Crippen molar-refractivity contribution >= 4 is 23.5 Å². The molecule has 1 N–H and O–H groups in total. The molecule has 2 nitrogen and oxygen atoms in total. The lowest BCUT2D eigenvalue weighted by molar-refractivity contribution is -0.115. The van der Waals surface area contributed by atoms with Crippen LogP contribution in [0.15, 0.2) is 30.3 Å². The van der Waals surface area contributed by atoms with Gasteiger partial charge in [0.05, 0.1) is 0 Å². The Hall–Kier alpha value is -1.28. The normalized spacial score (nSPS) is 13.0. The van der Waals surface area contributed by atoms with Crippen molar-refractivity contribution in [3.05, 3.63) is 35.9 Å². The van der Waals surface area contributed by atoms with E-state index in [4.69, 9.17) is 16.7 Å². The lowest BCUT2D eigenvalue weighted by Crippen LogP contribution is -2.05. The summed E-state index contributed by atoms with van der Waals surface area (Å²) in [7, 11) is 0. The molecule has 1 aromatic rings. The molecule has 0 amide bonds. The molecule has 0 aromatic heterocycles. The zero-order chi connectivity index (χ0) is 10.6. The van der Waals surface area contributed by atoms with Gasteiger partial charge in [0.1, 0.15) is 11.1 Å². The average Bonchev–Trinajstić information content (AvgIpc) is 2.16. The van der Waals surface area contributed by atoms with Crippen molar-refractivity contribution in [3.8, 4) is 5.75 Å². The van der Waals surface area contributed by atoms with Gasteiger partial charge in [-0.25, -0.2) is 0 Å². The van der Waals surface area contributed by atoms with Crippen molar-refractivity contribution in [2.45, 2.75) is 12.3 Å². The largest absolute Gasteiger partial charge is 0.508 e. The van der Waals surface area contributed by atoms with Gasteiger partial charge in [-0.3, -0.25) is 4.79 Å². The third-order valence-corrected chi connectivity index (χ3v) is 2.19. The number of carbonyl (C=O) groups is 1. The van der Waals surface area contributed by atoms with Crippen LogP contribution in [0, 0.1) is 0 Å². The van der Waals surface area contributed by atoms with Crippen LogP contribution in [-0.4, -0.2) is 16.3 Å². The Morgan fingerprint density at radius 1 is 1.43 bits per heavy atom. The molecule has 1 aromatic carbocycles. The molecule has 0 aliphatic rings. The van der Waals surface area contributed by atoms with Crippen LogP contribution in [0.25, 0.3) is 6.08 Å². The lowest BCUT2D eigenvalue weighted by atomic mass is 10.2. The number of hydrogen-bond acceptors (Lipinski definition) is 2. The second-order valence-corrected chi connectivity index (χ2v) is 3.43. The second-order valence-electron chi connectivity index (χ2n) is 2.96. The molecule has 1 unspecified atom stereocenters. The predicted molar refractivity (Wildman–Crippen MR) is 57.5 cm³/mol. The lowest BCUT2D eigenvalue weighted by Gasteiger charge is -1.97. The van der Waals surface area contributed by atoms with E-state index in [2.05, 4.69) is 0 Å². The minimum Gasteiger partial charge on any atom is -0.508 e. The standard InChI is InChI=1S/C11H11ClO2/c1-8(13)11(12)7-4-9-2-5-10(14)6-3-9/h2-7,11,14H,1H3/b7-4+. The second kappa shape index (κ2) is 4.82. The Morgan fingerprint density at radius 2 is 2.00 bits per heavy atom. The summed E-state index contributed by atoms with van der Waals surface area (Å²) in [5, 5.41) is 8.44. The number of aromatic hydroxyl groups is 1. The Morgan fingerprint density at radius 3 is 2.50 bits per heavy atom. The highest BCUT2D eigenvalue weighted by Gasteiger charge is 2.03. The van der Waals surface area contributed by atoms with Gasteiger partial charge in [-0.05, 0) is 24.6 Å². The van der Waals surface area contributed by atoms with Gasteiger partial charge in [0.2, 0.25) is 0 Å². The van der Waals surface area contributed by atoms with E-state index in [1.165, 1.54) is 6.92 Å². The third-order valence-electron chi connectivity index (χ3n) is 1.74. The van der Waals surface area contributed by atoms with E-state index >= 15 is 0 Å². The van der Waals surface area contributed by atoms with E-state index in [0.29, 0.717) is 0 Å². The Bertz CT molecular complexity index is 341. The van der Waals surface area contributed by atoms with Crippen molar-refractivity contribution in [3.63, 3.8) is 0 Å². The van der Waals surface area contributed by atoms with Crippen LogP contribution in [0.1, 0.15) is 12.5 Å². The molecule has 0 saturated carbocycles. The molecule has 0 heterocycles. The van der Waals surface area contributed by atoms with Crippen LogP contribution in [0.2, 0.25) is 0 Å². The molecule has 0 bridgehead atoms. The van der Waals surface area contributed by atoms with E-state index in [0.717, 1.165) is 5.56 Å². The van der Waals surface area contributed by atoms with Gasteiger partial charge >= 0.3 is 0 Å². The highest BCUT2D eigenvalue weighted by Crippen LogP contribution is 2.12. The molecule has 1 atom stereocenters. The van der Waals surface area contributed by atoms with Crippen molar-refractivity contribution < 1.29 is 9.90 Å². The van der Waals surface area contributed by atoms with E-state index in [-0.39, 0.29) is 11.5 Å². The number of allylic oxidation sites excluding steroid dienone is 1. The number of benzene rings is 1. The van der Waals surface area contributed by atoms with Crippen LogP contribution in [0.5, 0.6) is 5.75 Å². The Kier molecular flexibility index (Phi) is 3.72. The maximum Gasteiger partial charge on any atom is 0.151 e. The Balaban J connectivity index is 2.69. The minimum atomic E-state index is -0.580. The van der Waals surface area contributed by atoms with Crippen LogP contribution >= 0.6 is 11.6 Å². The summed E-state index contributed by atoms with van der Waals surface area (Å²) in [6, 6.07) is 6.65. The first-order valence-corrected chi connectivity index (χ1v) is 4.65. The number of rotatable bonds is 3. The van der Waals surface area contributed by atoms with Gasteiger partial charge < -0.3 is 5.11 Å². The minimum absolute atomic E-state index is 0.0818. The molecule has 14 heavy (non-hydrogen) atoms. The number of phenolic OH excluding ortho intramolecular Hbond substituents is 1. The highest BCUT2D eigenvalue weighted by molar-refractivity contribution is 6.32. The maximum atomic E-state index is 10.8. The number of carbonyl (C=O) groups excluding carboxylic acids is 1. The van der Waals surface area contributed by atoms with Crippen LogP contribution in [-0.2, 0) is 4.79 Å². The molecule has 74 valence electrons. The van der Waals surface area contributed by atoms with E-state index in [9.17, 15) is 4.79 Å². The monoisotopic (exact) mass is 210 g/mol. The quantitative estimate of drug-likeness (QED) is 0.779. The smallest absolute Gasteiger partial charge is 0.151 e. The topological polar surface area (TPSA) is 37.3 Å². The fraction of sp³-hybridized carbons (Fsp3) is 0.182. The molecular weight excluding hydrogens is 200 g/mol. The summed E-state index contributed by atoms with van der Waals surface area (Å²) in [6.07, 6.45) is 3.37. The van der Waals surface area contributed by atoms with Gasteiger partial charge in [-0.15, -0.1) is 11.6 Å². The molecule has 3 heteroatoms. The summed E-state index contributed by atoms with van der Waals surface area (Å²) < 4.78 is 0. The zero-order valence-corrected chi connectivity index (χ0v) is 8.53. The zero-order valence-electron chi connectivity index (χ0n) is 7.77. The molecule has 0 spiro atoms. The molecule has 0 saturated heterocycles. The van der Waals surface area contributed by atoms with Gasteiger partial charge in [0.15, 0.2) is 5.78 Å². The van der Waals surface area contributed by atoms with Gasteiger partial charge in [-0.2, -0.15) is 0 Å². The number of Topliss-reactive ketones (excluding diaryl/α,β-unsaturated/α-hetero) is 1. The van der Waals surface area contributed by atoms with E-state index in [1.54, 1.807) is 36.4 Å². The van der Waals surface area contributed by atoms with Gasteiger partial charge in [-0.1, -0.05) is 24.3 Å². The van der Waals surface area contributed by atoms with Gasteiger partial charge in [0.25, 0.3) is 0 Å². The summed E-state index contributed by atoms with van der Waals surface area (Å²) in [4.78, 5) is 10.8. The first kappa shape index (κ1) is 10.8.